The lowest BCUT2D eigenvalue weighted by Crippen LogP contribution is -2.52. The summed E-state index contributed by atoms with van der Waals surface area (Å²) in [6.45, 7) is 6.54. The van der Waals surface area contributed by atoms with Crippen LogP contribution in [0.1, 0.15) is 10.6 Å². The molecule has 1 N–H and O–H groups in total. The molecule has 7 heteroatoms. The highest BCUT2D eigenvalue weighted by Crippen LogP contribution is 2.27. The molecular weight excluding hydrogens is 380 g/mol. The van der Waals surface area contributed by atoms with Crippen LogP contribution >= 0.6 is 11.3 Å². The zero-order valence-electron chi connectivity index (χ0n) is 16.9. The molecule has 3 heterocycles. The van der Waals surface area contributed by atoms with Crippen LogP contribution in [0.25, 0.3) is 10.6 Å². The summed E-state index contributed by atoms with van der Waals surface area (Å²) in [7, 11) is 1.85. The Balaban J connectivity index is 1.35. The minimum Gasteiger partial charge on any atom is -0.353 e. The molecule has 4 rings (SSSR count). The Morgan fingerprint density at radius 3 is 2.52 bits per heavy atom. The average molecular weight is 407 g/mol. The number of nitrogens with one attached hydrogen (secondary N) is 1. The molecule has 0 unspecified atom stereocenters. The summed E-state index contributed by atoms with van der Waals surface area (Å²) in [5, 5.41) is 4.60. The van der Waals surface area contributed by atoms with Crippen LogP contribution in [0.15, 0.2) is 59.7 Å². The molecule has 0 bridgehead atoms. The van der Waals surface area contributed by atoms with Gasteiger partial charge in [-0.05, 0) is 19.1 Å². The molecule has 0 spiro atoms. The van der Waals surface area contributed by atoms with E-state index in [9.17, 15) is 0 Å². The number of pyridine rings is 1. The Kier molecular flexibility index (Phi) is 6.05. The van der Waals surface area contributed by atoms with Crippen LogP contribution in [-0.2, 0) is 6.54 Å². The number of rotatable bonds is 4. The first-order chi connectivity index (χ1) is 14.2. The lowest BCUT2D eigenvalue weighted by molar-refractivity contribution is 0.371. The number of benzene rings is 1. The van der Waals surface area contributed by atoms with E-state index in [1.807, 2.05) is 31.4 Å². The monoisotopic (exact) mass is 406 g/mol. The molecule has 0 amide bonds. The van der Waals surface area contributed by atoms with Crippen molar-refractivity contribution in [2.45, 2.75) is 13.5 Å². The van der Waals surface area contributed by atoms with Crippen molar-refractivity contribution in [2.24, 2.45) is 4.99 Å². The van der Waals surface area contributed by atoms with Crippen molar-refractivity contribution in [1.29, 1.82) is 0 Å². The van der Waals surface area contributed by atoms with Gasteiger partial charge in [-0.1, -0.05) is 36.4 Å². The lowest BCUT2D eigenvalue weighted by atomic mass is 10.2. The van der Waals surface area contributed by atoms with E-state index in [1.54, 1.807) is 11.3 Å². The molecule has 0 aliphatic carbocycles. The van der Waals surface area contributed by atoms with Crippen molar-refractivity contribution in [3.05, 3.63) is 65.3 Å². The molecule has 29 heavy (non-hydrogen) atoms. The second-order valence-electron chi connectivity index (χ2n) is 6.96. The van der Waals surface area contributed by atoms with E-state index in [0.717, 1.165) is 55.2 Å². The lowest BCUT2D eigenvalue weighted by Gasteiger charge is -2.37. The van der Waals surface area contributed by atoms with Gasteiger partial charge in [0.25, 0.3) is 0 Å². The highest BCUT2D eigenvalue weighted by molar-refractivity contribution is 7.15. The molecule has 6 nitrogen and oxygen atoms in total. The summed E-state index contributed by atoms with van der Waals surface area (Å²) >= 11 is 1.75. The molecule has 0 atom stereocenters. The third-order valence-corrected chi connectivity index (χ3v) is 6.29. The second-order valence-corrected chi connectivity index (χ2v) is 8.04. The zero-order valence-corrected chi connectivity index (χ0v) is 17.7. The molecule has 1 aromatic carbocycles. The second kappa shape index (κ2) is 9.05. The maximum atomic E-state index is 4.75. The molecule has 1 saturated heterocycles. The van der Waals surface area contributed by atoms with Crippen molar-refractivity contribution in [3.63, 3.8) is 0 Å². The van der Waals surface area contributed by atoms with E-state index in [0.29, 0.717) is 0 Å². The topological polar surface area (TPSA) is 56.7 Å². The Morgan fingerprint density at radius 2 is 1.83 bits per heavy atom. The molecule has 1 fully saturated rings. The average Bonchev–Trinajstić information content (AvgIpc) is 3.16. The normalized spacial score (nSPS) is 14.9. The van der Waals surface area contributed by atoms with Gasteiger partial charge in [0.2, 0.25) is 0 Å². The molecule has 0 radical (unpaired) electrons. The number of thiazole rings is 1. The highest BCUT2D eigenvalue weighted by atomic mass is 32.1. The van der Waals surface area contributed by atoms with Crippen LogP contribution in [0.2, 0.25) is 0 Å². The van der Waals surface area contributed by atoms with Gasteiger partial charge in [-0.3, -0.25) is 4.99 Å². The largest absolute Gasteiger partial charge is 0.353 e. The molecule has 0 saturated carbocycles. The molecular formula is C22H26N6S. The van der Waals surface area contributed by atoms with Crippen LogP contribution in [0, 0.1) is 6.92 Å². The minimum absolute atomic E-state index is 0.740. The number of nitrogens with zero attached hydrogens (tertiary/aromatic N) is 5. The maximum absolute atomic E-state index is 4.75. The van der Waals surface area contributed by atoms with Gasteiger partial charge < -0.3 is 15.1 Å². The fourth-order valence-corrected chi connectivity index (χ4v) is 4.48. The van der Waals surface area contributed by atoms with Gasteiger partial charge in [-0.25, -0.2) is 9.97 Å². The predicted octanol–water partition coefficient (Wildman–Crippen LogP) is 3.41. The zero-order chi connectivity index (χ0) is 20.1. The van der Waals surface area contributed by atoms with E-state index in [-0.39, 0.29) is 0 Å². The van der Waals surface area contributed by atoms with Crippen molar-refractivity contribution in [2.75, 3.05) is 38.1 Å². The number of guanidine groups is 1. The van der Waals surface area contributed by atoms with Gasteiger partial charge in [0.15, 0.2) is 5.96 Å². The summed E-state index contributed by atoms with van der Waals surface area (Å²) in [6.07, 6.45) is 1.85. The van der Waals surface area contributed by atoms with E-state index in [4.69, 9.17) is 4.98 Å². The van der Waals surface area contributed by atoms with E-state index < -0.39 is 0 Å². The number of aliphatic imine (C=N–C) groups is 1. The summed E-state index contributed by atoms with van der Waals surface area (Å²) in [6, 6.07) is 16.4. The minimum atomic E-state index is 0.740. The van der Waals surface area contributed by atoms with E-state index in [2.05, 4.69) is 62.3 Å². The van der Waals surface area contributed by atoms with Gasteiger partial charge in [-0.15, -0.1) is 11.3 Å². The summed E-state index contributed by atoms with van der Waals surface area (Å²) in [5.74, 6) is 1.99. The highest BCUT2D eigenvalue weighted by Gasteiger charge is 2.20. The van der Waals surface area contributed by atoms with Crippen LogP contribution < -0.4 is 10.2 Å². The molecule has 2 aromatic heterocycles. The van der Waals surface area contributed by atoms with Gasteiger partial charge in [0, 0.05) is 49.9 Å². The van der Waals surface area contributed by atoms with Crippen molar-refractivity contribution in [3.8, 4) is 10.6 Å². The van der Waals surface area contributed by atoms with Crippen molar-refractivity contribution >= 4 is 23.1 Å². The summed E-state index contributed by atoms with van der Waals surface area (Å²) in [4.78, 5) is 19.6. The molecule has 150 valence electrons. The number of aryl methyl sites for hydroxylation is 1. The Labute approximate surface area is 176 Å². The number of aromatic nitrogens is 2. The Hall–Kier alpha value is -2.93. The first-order valence-corrected chi connectivity index (χ1v) is 10.7. The fraction of sp³-hybridized carbons (Fsp3) is 0.318. The predicted molar refractivity (Wildman–Crippen MR) is 121 cm³/mol. The van der Waals surface area contributed by atoms with Gasteiger partial charge in [0.05, 0.1) is 12.2 Å². The third-order valence-electron chi connectivity index (χ3n) is 5.08. The summed E-state index contributed by atoms with van der Waals surface area (Å²) in [5.41, 5.74) is 2.25. The maximum Gasteiger partial charge on any atom is 0.194 e. The summed E-state index contributed by atoms with van der Waals surface area (Å²) < 4.78 is 0. The number of hydrogen-bond donors (Lipinski definition) is 1. The number of piperazine rings is 1. The van der Waals surface area contributed by atoms with Crippen LogP contribution in [0.5, 0.6) is 0 Å². The SMILES string of the molecule is CN=C(NCc1sc(-c2ccccc2)nc1C)N1CCN(c2ccccn2)CC1. The quantitative estimate of drug-likeness (QED) is 0.532. The van der Waals surface area contributed by atoms with Gasteiger partial charge >= 0.3 is 0 Å². The Bertz CT molecular complexity index is 946. The molecule has 3 aromatic rings. The third kappa shape index (κ3) is 4.56. The van der Waals surface area contributed by atoms with Crippen molar-refractivity contribution < 1.29 is 0 Å². The van der Waals surface area contributed by atoms with Crippen LogP contribution in [0.4, 0.5) is 5.82 Å². The van der Waals surface area contributed by atoms with Crippen LogP contribution in [0.3, 0.4) is 0 Å². The van der Waals surface area contributed by atoms with Crippen LogP contribution in [-0.4, -0.2) is 54.1 Å². The molecule has 1 aliphatic rings. The van der Waals surface area contributed by atoms with Gasteiger partial charge in [-0.2, -0.15) is 0 Å². The number of hydrogen-bond acceptors (Lipinski definition) is 5. The Morgan fingerprint density at radius 1 is 1.07 bits per heavy atom. The van der Waals surface area contributed by atoms with Crippen molar-refractivity contribution in [1.82, 2.24) is 20.2 Å². The fourth-order valence-electron chi connectivity index (χ4n) is 3.48. The van der Waals surface area contributed by atoms with E-state index in [1.165, 1.54) is 10.4 Å². The number of anilines is 1. The first-order valence-electron chi connectivity index (χ1n) is 9.88. The van der Waals surface area contributed by atoms with E-state index >= 15 is 0 Å². The first kappa shape index (κ1) is 19.4. The van der Waals surface area contributed by atoms with Gasteiger partial charge in [0.1, 0.15) is 10.8 Å². The smallest absolute Gasteiger partial charge is 0.194 e. The standard InChI is InChI=1S/C22H26N6S/c1-17-19(29-21(26-17)18-8-4-3-5-9-18)16-25-22(23-2)28-14-12-27(13-15-28)20-10-6-7-11-24-20/h3-11H,12-16H2,1-2H3,(H,23,25). The molecule has 1 aliphatic heterocycles.